The predicted molar refractivity (Wildman–Crippen MR) is 121 cm³/mol. The molecule has 1 saturated heterocycles. The largest absolute Gasteiger partial charge is 0.507 e. The molecule has 1 atom stereocenters. The summed E-state index contributed by atoms with van der Waals surface area (Å²) in [5.41, 5.74) is -0.842. The molecule has 2 aromatic carbocycles. The molecule has 1 amide bonds. The Balaban J connectivity index is 1.82. The number of aliphatic hydroxyl groups is 1. The molecule has 1 aromatic heterocycles. The summed E-state index contributed by atoms with van der Waals surface area (Å²) in [5, 5.41) is 11.2. The number of methoxy groups -OCH3 is 1. The van der Waals surface area contributed by atoms with E-state index in [9.17, 15) is 27.9 Å². The fourth-order valence-electron chi connectivity index (χ4n) is 3.95. The molecule has 3 aromatic rings. The summed E-state index contributed by atoms with van der Waals surface area (Å²) in [7, 11) is 1.42. The highest BCUT2D eigenvalue weighted by molar-refractivity contribution is 6.46. The number of alkyl halides is 3. The number of benzene rings is 2. The minimum absolute atomic E-state index is 0.154. The molecule has 0 aliphatic carbocycles. The van der Waals surface area contributed by atoms with Crippen LogP contribution in [0.2, 0.25) is 5.02 Å². The number of Topliss-reactive ketones (excluding diaryl/α,β-unsaturated/α-hetero) is 1. The monoisotopic (exact) mass is 505 g/mol. The molecular weight excluding hydrogens is 487 g/mol. The number of furan rings is 1. The maximum Gasteiger partial charge on any atom is 0.416 e. The van der Waals surface area contributed by atoms with E-state index in [1.54, 1.807) is 19.1 Å². The van der Waals surface area contributed by atoms with E-state index >= 15 is 0 Å². The van der Waals surface area contributed by atoms with Crippen LogP contribution in [0.25, 0.3) is 5.76 Å². The third-order valence-corrected chi connectivity index (χ3v) is 5.90. The molecule has 35 heavy (non-hydrogen) atoms. The summed E-state index contributed by atoms with van der Waals surface area (Å²) < 4.78 is 50.4. The number of rotatable bonds is 5. The van der Waals surface area contributed by atoms with Crippen LogP contribution in [0.5, 0.6) is 5.75 Å². The van der Waals surface area contributed by atoms with Crippen molar-refractivity contribution in [2.45, 2.75) is 25.7 Å². The molecule has 0 bridgehead atoms. The standard InChI is InChI=1S/C25H19ClF3NO5/c1-13-6-8-19(35-13)21-20(22(31)15-7-9-18(34-2)17(26)11-15)23(32)24(33)30(21)12-14-4-3-5-16(10-14)25(27,28)29/h3-11,21,31H,12H2,1-2H3/b22-20-. The zero-order valence-electron chi connectivity index (χ0n) is 18.5. The van der Waals surface area contributed by atoms with Gasteiger partial charge in [-0.15, -0.1) is 0 Å². The van der Waals surface area contributed by atoms with Crippen molar-refractivity contribution in [3.05, 3.63) is 93.4 Å². The lowest BCUT2D eigenvalue weighted by atomic mass is 9.99. The molecule has 2 heterocycles. The number of ether oxygens (including phenoxy) is 1. The van der Waals surface area contributed by atoms with Crippen molar-refractivity contribution in [2.24, 2.45) is 0 Å². The van der Waals surface area contributed by atoms with Gasteiger partial charge < -0.3 is 19.2 Å². The molecule has 10 heteroatoms. The number of aliphatic hydroxyl groups excluding tert-OH is 1. The number of aryl methyl sites for hydroxylation is 1. The summed E-state index contributed by atoms with van der Waals surface area (Å²) in [6.07, 6.45) is -4.57. The Morgan fingerprint density at radius 1 is 1.14 bits per heavy atom. The number of halogens is 4. The fraction of sp³-hybridized carbons (Fsp3) is 0.200. The second kappa shape index (κ2) is 9.14. The maximum absolute atomic E-state index is 13.2. The molecule has 1 fully saturated rings. The Morgan fingerprint density at radius 3 is 2.49 bits per heavy atom. The molecule has 1 unspecified atom stereocenters. The Morgan fingerprint density at radius 2 is 1.89 bits per heavy atom. The Kier molecular flexibility index (Phi) is 6.38. The van der Waals surface area contributed by atoms with E-state index in [-0.39, 0.29) is 34.0 Å². The van der Waals surface area contributed by atoms with Gasteiger partial charge in [-0.3, -0.25) is 9.59 Å². The summed E-state index contributed by atoms with van der Waals surface area (Å²) in [6.45, 7) is 1.34. The van der Waals surface area contributed by atoms with Crippen molar-refractivity contribution >= 4 is 29.1 Å². The molecule has 182 valence electrons. The highest BCUT2D eigenvalue weighted by Crippen LogP contribution is 2.42. The van der Waals surface area contributed by atoms with Gasteiger partial charge in [-0.25, -0.2) is 0 Å². The third kappa shape index (κ3) is 4.64. The van der Waals surface area contributed by atoms with Gasteiger partial charge in [-0.1, -0.05) is 23.7 Å². The number of carbonyl (C=O) groups is 2. The Hall–Kier alpha value is -3.72. The number of likely N-dealkylation sites (tertiary alicyclic amines) is 1. The van der Waals surface area contributed by atoms with E-state index < -0.39 is 35.2 Å². The topological polar surface area (TPSA) is 80.0 Å². The van der Waals surface area contributed by atoms with Gasteiger partial charge in [-0.05, 0) is 55.0 Å². The van der Waals surface area contributed by atoms with Crippen molar-refractivity contribution in [3.8, 4) is 5.75 Å². The average molecular weight is 506 g/mol. The summed E-state index contributed by atoms with van der Waals surface area (Å²) >= 11 is 6.16. The molecule has 1 aliphatic heterocycles. The lowest BCUT2D eigenvalue weighted by Gasteiger charge is -2.24. The van der Waals surface area contributed by atoms with Gasteiger partial charge in [0, 0.05) is 12.1 Å². The second-order valence-corrected chi connectivity index (χ2v) is 8.33. The first-order valence-electron chi connectivity index (χ1n) is 10.4. The van der Waals surface area contributed by atoms with Crippen molar-refractivity contribution in [3.63, 3.8) is 0 Å². The zero-order valence-corrected chi connectivity index (χ0v) is 19.3. The van der Waals surface area contributed by atoms with Gasteiger partial charge in [0.1, 0.15) is 29.1 Å². The average Bonchev–Trinajstić information content (AvgIpc) is 3.34. The first-order valence-corrected chi connectivity index (χ1v) is 10.7. The second-order valence-electron chi connectivity index (χ2n) is 7.92. The van der Waals surface area contributed by atoms with Crippen LogP contribution >= 0.6 is 11.6 Å². The quantitative estimate of drug-likeness (QED) is 0.266. The lowest BCUT2D eigenvalue weighted by Crippen LogP contribution is -2.29. The SMILES string of the molecule is COc1ccc(/C(O)=C2/C(=O)C(=O)N(Cc3cccc(C(F)(F)F)c3)C2c2ccc(C)o2)cc1Cl. The van der Waals surface area contributed by atoms with Crippen LogP contribution in [0.4, 0.5) is 13.2 Å². The molecule has 1 N–H and O–H groups in total. The zero-order chi connectivity index (χ0) is 25.5. The molecule has 1 aliphatic rings. The number of carbonyl (C=O) groups excluding carboxylic acids is 2. The molecule has 6 nitrogen and oxygen atoms in total. The van der Waals surface area contributed by atoms with Gasteiger partial charge in [0.05, 0.1) is 23.3 Å². The third-order valence-electron chi connectivity index (χ3n) is 5.60. The van der Waals surface area contributed by atoms with Crippen LogP contribution < -0.4 is 4.74 Å². The fourth-order valence-corrected chi connectivity index (χ4v) is 4.21. The smallest absolute Gasteiger partial charge is 0.416 e. The van der Waals surface area contributed by atoms with Crippen LogP contribution in [0, 0.1) is 6.92 Å². The molecule has 0 radical (unpaired) electrons. The highest BCUT2D eigenvalue weighted by Gasteiger charge is 2.47. The van der Waals surface area contributed by atoms with Gasteiger partial charge in [0.2, 0.25) is 0 Å². The normalized spacial score (nSPS) is 17.8. The number of hydrogen-bond donors (Lipinski definition) is 1. The molecule has 0 spiro atoms. The molecule has 4 rings (SSSR count). The number of ketones is 1. The van der Waals surface area contributed by atoms with Crippen molar-refractivity contribution in [1.29, 1.82) is 0 Å². The van der Waals surface area contributed by atoms with E-state index in [0.717, 1.165) is 17.0 Å². The minimum Gasteiger partial charge on any atom is -0.507 e. The maximum atomic E-state index is 13.2. The highest BCUT2D eigenvalue weighted by atomic mass is 35.5. The number of hydrogen-bond acceptors (Lipinski definition) is 5. The van der Waals surface area contributed by atoms with E-state index in [4.69, 9.17) is 20.8 Å². The van der Waals surface area contributed by atoms with Crippen LogP contribution in [-0.4, -0.2) is 28.8 Å². The van der Waals surface area contributed by atoms with Crippen molar-refractivity contribution in [1.82, 2.24) is 4.90 Å². The van der Waals surface area contributed by atoms with Gasteiger partial charge in [0.25, 0.3) is 11.7 Å². The van der Waals surface area contributed by atoms with Crippen LogP contribution in [0.3, 0.4) is 0 Å². The Labute approximate surface area is 203 Å². The van der Waals surface area contributed by atoms with E-state index in [1.807, 2.05) is 0 Å². The van der Waals surface area contributed by atoms with E-state index in [2.05, 4.69) is 0 Å². The summed E-state index contributed by atoms with van der Waals surface area (Å²) in [6, 6.07) is 10.8. The lowest BCUT2D eigenvalue weighted by molar-refractivity contribution is -0.140. The molecule has 0 saturated carbocycles. The predicted octanol–water partition coefficient (Wildman–Crippen LogP) is 5.89. The number of amides is 1. The van der Waals surface area contributed by atoms with Crippen molar-refractivity contribution < 1.29 is 37.0 Å². The first-order chi connectivity index (χ1) is 16.5. The van der Waals surface area contributed by atoms with Gasteiger partial charge in [0.15, 0.2) is 0 Å². The number of nitrogens with zero attached hydrogens (tertiary/aromatic N) is 1. The van der Waals surface area contributed by atoms with E-state index in [0.29, 0.717) is 11.5 Å². The van der Waals surface area contributed by atoms with Gasteiger partial charge in [-0.2, -0.15) is 13.2 Å². The molecular formula is C25H19ClF3NO5. The van der Waals surface area contributed by atoms with Crippen LogP contribution in [0.1, 0.15) is 34.3 Å². The minimum atomic E-state index is -4.57. The van der Waals surface area contributed by atoms with Crippen molar-refractivity contribution in [2.75, 3.05) is 7.11 Å². The van der Waals surface area contributed by atoms with E-state index in [1.165, 1.54) is 37.4 Å². The van der Waals surface area contributed by atoms with Gasteiger partial charge >= 0.3 is 6.18 Å². The Bertz CT molecular complexity index is 1340. The van der Waals surface area contributed by atoms with Crippen LogP contribution in [-0.2, 0) is 22.3 Å². The first kappa shape index (κ1) is 24.4. The summed E-state index contributed by atoms with van der Waals surface area (Å²) in [4.78, 5) is 27.1. The summed E-state index contributed by atoms with van der Waals surface area (Å²) in [5.74, 6) is -1.49. The van der Waals surface area contributed by atoms with Crippen LogP contribution in [0.15, 0.2) is 64.6 Å².